The smallest absolute Gasteiger partial charge is 0.252 e. The van der Waals surface area contributed by atoms with E-state index in [0.717, 1.165) is 0 Å². The van der Waals surface area contributed by atoms with Gasteiger partial charge in [0.15, 0.2) is 11.6 Å². The molecule has 0 aliphatic carbocycles. The molecule has 0 spiro atoms. The van der Waals surface area contributed by atoms with E-state index in [2.05, 4.69) is 25.4 Å². The lowest BCUT2D eigenvalue weighted by Crippen LogP contribution is -2.50. The van der Waals surface area contributed by atoms with Crippen molar-refractivity contribution in [1.29, 1.82) is 0 Å². The van der Waals surface area contributed by atoms with Gasteiger partial charge < -0.3 is 24.6 Å². The largest absolute Gasteiger partial charge is 0.494 e. The van der Waals surface area contributed by atoms with Crippen LogP contribution in [0.1, 0.15) is 49.5 Å². The average Bonchev–Trinajstić information content (AvgIpc) is 3.43. The van der Waals surface area contributed by atoms with Crippen molar-refractivity contribution in [3.8, 4) is 5.75 Å². The SMILES string of the molecule is CC(C)OCCCNC(=O)[C@]1(Cc2ccccc2N=[N+]=[N-])N=C(c2ccc(OCCCO)cc2)O[C@@H]1c1ccccc1N=[N+]=[N-]. The number of aliphatic imine (C=N–C) groups is 1. The van der Waals surface area contributed by atoms with E-state index in [4.69, 9.17) is 24.3 Å². The lowest BCUT2D eigenvalue weighted by Gasteiger charge is -2.31. The van der Waals surface area contributed by atoms with Gasteiger partial charge in [-0.25, -0.2) is 4.99 Å². The Kier molecular flexibility index (Phi) is 11.8. The summed E-state index contributed by atoms with van der Waals surface area (Å²) in [4.78, 5) is 25.3. The van der Waals surface area contributed by atoms with Gasteiger partial charge in [-0.3, -0.25) is 4.79 Å². The molecule has 3 aromatic rings. The highest BCUT2D eigenvalue weighted by atomic mass is 16.5. The fourth-order valence-electron chi connectivity index (χ4n) is 4.95. The number of azide groups is 2. The second-order valence-electron chi connectivity index (χ2n) is 10.6. The van der Waals surface area contributed by atoms with Crippen molar-refractivity contribution in [2.45, 2.75) is 50.9 Å². The predicted octanol–water partition coefficient (Wildman–Crippen LogP) is 6.76. The van der Waals surface area contributed by atoms with Crippen molar-refractivity contribution < 1.29 is 24.1 Å². The quantitative estimate of drug-likeness (QED) is 0.0781. The highest BCUT2D eigenvalue weighted by molar-refractivity contribution is 6.01. The maximum absolute atomic E-state index is 14.4. The van der Waals surface area contributed by atoms with Crippen molar-refractivity contribution in [3.05, 3.63) is 110 Å². The Balaban J connectivity index is 1.82. The molecule has 13 nitrogen and oxygen atoms in total. The van der Waals surface area contributed by atoms with Gasteiger partial charge in [-0.15, -0.1) is 0 Å². The predicted molar refractivity (Wildman–Crippen MR) is 170 cm³/mol. The fraction of sp³-hybridized carbons (Fsp3) is 0.375. The number of rotatable bonds is 16. The van der Waals surface area contributed by atoms with Crippen molar-refractivity contribution >= 4 is 23.2 Å². The third kappa shape index (κ3) is 8.31. The normalized spacial score (nSPS) is 17.1. The Hall–Kier alpha value is -5.06. The summed E-state index contributed by atoms with van der Waals surface area (Å²) in [5.74, 6) is 0.395. The van der Waals surface area contributed by atoms with E-state index in [1.165, 1.54) is 0 Å². The summed E-state index contributed by atoms with van der Waals surface area (Å²) in [5.41, 5.74) is 19.3. The molecule has 0 saturated carbocycles. The Labute approximate surface area is 261 Å². The standard InChI is InChI=1S/C32H36N8O5/c1-22(2)43-19-7-17-35-31(42)32(21-24-9-3-5-11-27(24)37-39-33)29(26-10-4-6-12-28(26)38-40-34)45-30(36-32)23-13-15-25(16-14-23)44-20-8-18-41/h3-6,9-16,22,29,41H,7-8,17-21H2,1-2H3,(H,35,42)/t29-,32-/m1/s1. The van der Waals surface area contributed by atoms with Gasteiger partial charge in [0.1, 0.15) is 5.75 Å². The molecule has 2 atom stereocenters. The van der Waals surface area contributed by atoms with E-state index < -0.39 is 17.6 Å². The minimum atomic E-state index is -1.59. The minimum absolute atomic E-state index is 0.0116. The number of hydrogen-bond acceptors (Lipinski definition) is 8. The first kappa shape index (κ1) is 32.8. The summed E-state index contributed by atoms with van der Waals surface area (Å²) in [5, 5.41) is 19.8. The van der Waals surface area contributed by atoms with Crippen LogP contribution in [-0.2, 0) is 20.7 Å². The van der Waals surface area contributed by atoms with Crippen LogP contribution < -0.4 is 10.1 Å². The molecular weight excluding hydrogens is 576 g/mol. The molecule has 0 fully saturated rings. The topological polar surface area (TPSA) is 187 Å². The zero-order chi connectivity index (χ0) is 32.1. The molecule has 0 unspecified atom stereocenters. The summed E-state index contributed by atoms with van der Waals surface area (Å²) in [7, 11) is 0. The molecule has 0 radical (unpaired) electrons. The third-order valence-corrected chi connectivity index (χ3v) is 7.06. The van der Waals surface area contributed by atoms with Crippen LogP contribution in [0.25, 0.3) is 20.9 Å². The van der Waals surface area contributed by atoms with Crippen LogP contribution in [0.4, 0.5) is 11.4 Å². The van der Waals surface area contributed by atoms with Crippen molar-refractivity contribution in [2.24, 2.45) is 15.2 Å². The summed E-state index contributed by atoms with van der Waals surface area (Å²) in [6, 6.07) is 20.9. The number of amides is 1. The van der Waals surface area contributed by atoms with Crippen molar-refractivity contribution in [1.82, 2.24) is 5.32 Å². The van der Waals surface area contributed by atoms with E-state index in [9.17, 15) is 15.9 Å². The molecule has 4 rings (SSSR count). The maximum atomic E-state index is 14.4. The van der Waals surface area contributed by atoms with Gasteiger partial charge in [0, 0.05) is 64.9 Å². The molecule has 234 valence electrons. The second-order valence-corrected chi connectivity index (χ2v) is 10.6. The molecule has 45 heavy (non-hydrogen) atoms. The third-order valence-electron chi connectivity index (χ3n) is 7.06. The molecule has 13 heteroatoms. The van der Waals surface area contributed by atoms with Gasteiger partial charge in [0.2, 0.25) is 5.90 Å². The first-order valence-electron chi connectivity index (χ1n) is 14.7. The summed E-state index contributed by atoms with van der Waals surface area (Å²) in [6.45, 7) is 5.06. The van der Waals surface area contributed by atoms with Gasteiger partial charge >= 0.3 is 0 Å². The lowest BCUT2D eigenvalue weighted by molar-refractivity contribution is -0.129. The molecular formula is C32H36N8O5. The highest BCUT2D eigenvalue weighted by Gasteiger charge is 2.54. The van der Waals surface area contributed by atoms with E-state index in [-0.39, 0.29) is 25.0 Å². The summed E-state index contributed by atoms with van der Waals surface area (Å²) < 4.78 is 17.8. The highest BCUT2D eigenvalue weighted by Crippen LogP contribution is 2.46. The van der Waals surface area contributed by atoms with Gasteiger partial charge in [-0.1, -0.05) is 58.8 Å². The molecule has 1 aliphatic heterocycles. The minimum Gasteiger partial charge on any atom is -0.494 e. The first-order chi connectivity index (χ1) is 21.9. The number of ether oxygens (including phenoxy) is 3. The maximum Gasteiger partial charge on any atom is 0.252 e. The average molecular weight is 613 g/mol. The zero-order valence-corrected chi connectivity index (χ0v) is 25.2. The van der Waals surface area contributed by atoms with Crippen LogP contribution in [0.15, 0.2) is 88.0 Å². The fourth-order valence-corrected chi connectivity index (χ4v) is 4.95. The van der Waals surface area contributed by atoms with E-state index in [1.807, 2.05) is 13.8 Å². The summed E-state index contributed by atoms with van der Waals surface area (Å²) >= 11 is 0. The molecule has 2 N–H and O–H groups in total. The van der Waals surface area contributed by atoms with Gasteiger partial charge in [0.25, 0.3) is 5.91 Å². The Morgan fingerprint density at radius 3 is 2.40 bits per heavy atom. The number of aliphatic hydroxyl groups excluding tert-OH is 1. The van der Waals surface area contributed by atoms with Gasteiger partial charge in [0.05, 0.1) is 12.7 Å². The molecule has 1 heterocycles. The molecule has 0 saturated heterocycles. The number of nitrogens with one attached hydrogen (secondary N) is 1. The number of carbonyl (C=O) groups is 1. The second kappa shape index (κ2) is 16.1. The Bertz CT molecular complexity index is 1580. The molecule has 1 amide bonds. The van der Waals surface area contributed by atoms with Crippen LogP contribution in [0.2, 0.25) is 0 Å². The van der Waals surface area contributed by atoms with Gasteiger partial charge in [-0.2, -0.15) is 0 Å². The van der Waals surface area contributed by atoms with Gasteiger partial charge in [-0.05, 0) is 61.2 Å². The molecule has 0 bridgehead atoms. The number of benzene rings is 3. The van der Waals surface area contributed by atoms with E-state index in [1.54, 1.807) is 72.8 Å². The Morgan fingerprint density at radius 2 is 1.69 bits per heavy atom. The molecule has 3 aromatic carbocycles. The van der Waals surface area contributed by atoms with Crippen LogP contribution in [0, 0.1) is 0 Å². The van der Waals surface area contributed by atoms with Crippen molar-refractivity contribution in [2.75, 3.05) is 26.4 Å². The van der Waals surface area contributed by atoms with Crippen LogP contribution in [0.5, 0.6) is 5.75 Å². The van der Waals surface area contributed by atoms with Crippen LogP contribution >= 0.6 is 0 Å². The van der Waals surface area contributed by atoms with E-state index in [0.29, 0.717) is 66.4 Å². The van der Waals surface area contributed by atoms with Crippen LogP contribution in [0.3, 0.4) is 0 Å². The number of nitrogens with zero attached hydrogens (tertiary/aromatic N) is 7. The number of carbonyl (C=O) groups excluding carboxylic acids is 1. The lowest BCUT2D eigenvalue weighted by atomic mass is 9.81. The first-order valence-corrected chi connectivity index (χ1v) is 14.7. The van der Waals surface area contributed by atoms with Crippen LogP contribution in [-0.4, -0.2) is 54.9 Å². The van der Waals surface area contributed by atoms with Crippen molar-refractivity contribution in [3.63, 3.8) is 0 Å². The zero-order valence-electron chi connectivity index (χ0n) is 25.2. The van der Waals surface area contributed by atoms with E-state index >= 15 is 0 Å². The molecule has 0 aromatic heterocycles. The number of hydrogen-bond donors (Lipinski definition) is 2. The Morgan fingerprint density at radius 1 is 1.00 bits per heavy atom. The number of aliphatic hydroxyl groups is 1. The molecule has 1 aliphatic rings. The monoisotopic (exact) mass is 612 g/mol. The summed E-state index contributed by atoms with van der Waals surface area (Å²) in [6.07, 6.45) is 0.137.